The van der Waals surface area contributed by atoms with E-state index in [1.165, 1.54) is 31.2 Å². The summed E-state index contributed by atoms with van der Waals surface area (Å²) in [5.41, 5.74) is 5.66. The average Bonchev–Trinajstić information content (AvgIpc) is 3.51. The Hall–Kier alpha value is -4.67. The van der Waals surface area contributed by atoms with Gasteiger partial charge in [-0.3, -0.25) is 9.59 Å². The number of carbonyl (C=O) groups excluding carboxylic acids is 2. The third-order valence-corrected chi connectivity index (χ3v) is 5.69. The summed E-state index contributed by atoms with van der Waals surface area (Å²) in [6.07, 6.45) is -9.52. The third-order valence-electron chi connectivity index (χ3n) is 5.37. The van der Waals surface area contributed by atoms with Crippen LogP contribution in [-0.4, -0.2) is 54.5 Å². The molecule has 0 spiro atoms. The number of hydrogen-bond donors (Lipinski definition) is 3. The molecule has 4 rings (SSSR count). The number of anilines is 2. The van der Waals surface area contributed by atoms with E-state index in [9.17, 15) is 35.9 Å². The lowest BCUT2D eigenvalue weighted by atomic mass is 10.1. The van der Waals surface area contributed by atoms with E-state index in [2.05, 4.69) is 25.8 Å². The van der Waals surface area contributed by atoms with Gasteiger partial charge in [0, 0.05) is 5.69 Å². The summed E-state index contributed by atoms with van der Waals surface area (Å²) in [5, 5.41) is 18.2. The highest BCUT2D eigenvalue weighted by Crippen LogP contribution is 2.28. The van der Waals surface area contributed by atoms with Gasteiger partial charge in [0.05, 0.1) is 27.7 Å². The van der Waals surface area contributed by atoms with Gasteiger partial charge in [-0.2, -0.15) is 36.2 Å². The summed E-state index contributed by atoms with van der Waals surface area (Å²) in [7, 11) is 0. The monoisotopic (exact) mass is 601 g/mol. The fourth-order valence-electron chi connectivity index (χ4n) is 3.66. The van der Waals surface area contributed by atoms with Crippen molar-refractivity contribution in [3.8, 4) is 5.69 Å². The number of nitrogens with zero attached hydrogens (tertiary/aromatic N) is 6. The van der Waals surface area contributed by atoms with Crippen LogP contribution in [0.3, 0.4) is 0 Å². The molecule has 0 saturated heterocycles. The van der Waals surface area contributed by atoms with Gasteiger partial charge in [-0.05, 0) is 48.0 Å². The Morgan fingerprint density at radius 2 is 1.73 bits per heavy atom. The van der Waals surface area contributed by atoms with Crippen LogP contribution in [0.4, 0.5) is 37.7 Å². The smallest absolute Gasteiger partial charge is 0.399 e. The molecule has 0 aliphatic heterocycles. The van der Waals surface area contributed by atoms with E-state index < -0.39 is 43.1 Å². The molecule has 0 aliphatic carbocycles. The van der Waals surface area contributed by atoms with Crippen LogP contribution >= 0.6 is 11.6 Å². The number of carbonyl (C=O) groups is 2. The van der Waals surface area contributed by atoms with Crippen LogP contribution in [0.1, 0.15) is 37.9 Å². The number of nitrogens with one attached hydrogen (secondary N) is 2. The molecule has 41 heavy (non-hydrogen) atoms. The molecule has 0 atom stereocenters. The Balaban J connectivity index is 1.71. The zero-order chi connectivity index (χ0) is 30.1. The second kappa shape index (κ2) is 11.1. The SMILES string of the molecule is Cc1cc(N)cc(C(=O)NCC(F)(F)F)c1NC(=O)c1cc(Cn2nnc(C(F)(F)F)n2)nn1-c1ccccc1Cl. The van der Waals surface area contributed by atoms with Gasteiger partial charge in [-0.1, -0.05) is 23.7 Å². The quantitative estimate of drug-likeness (QED) is 0.214. The summed E-state index contributed by atoms with van der Waals surface area (Å²) in [4.78, 5) is 26.7. The van der Waals surface area contributed by atoms with E-state index in [-0.39, 0.29) is 44.6 Å². The average molecular weight is 602 g/mol. The van der Waals surface area contributed by atoms with Gasteiger partial charge in [0.15, 0.2) is 0 Å². The maximum atomic E-state index is 13.5. The van der Waals surface area contributed by atoms with Gasteiger partial charge in [0.1, 0.15) is 18.8 Å². The minimum Gasteiger partial charge on any atom is -0.399 e. The highest BCUT2D eigenvalue weighted by Gasteiger charge is 2.37. The topological polar surface area (TPSA) is 146 Å². The van der Waals surface area contributed by atoms with E-state index in [1.807, 2.05) is 0 Å². The van der Waals surface area contributed by atoms with E-state index >= 15 is 0 Å². The van der Waals surface area contributed by atoms with Crippen LogP contribution in [0.25, 0.3) is 5.69 Å². The number of tetrazole rings is 1. The normalized spacial score (nSPS) is 11.9. The van der Waals surface area contributed by atoms with Crippen LogP contribution in [-0.2, 0) is 12.7 Å². The third kappa shape index (κ3) is 6.92. The standard InChI is InChI=1S/C23H18ClF6N9O2/c1-11-6-12(31)7-14(19(40)32-10-22(25,26)27)18(11)33-20(41)17-8-13(9-38-36-21(34-37-38)23(28,29)30)35-39(17)16-5-3-2-4-15(16)24/h2-8H,9-10,31H2,1H3,(H,32,40)(H,33,41). The molecule has 11 nitrogen and oxygen atoms in total. The molecule has 2 aromatic heterocycles. The Labute approximate surface area is 231 Å². The Bertz CT molecular complexity index is 1610. The van der Waals surface area contributed by atoms with Crippen LogP contribution in [0, 0.1) is 6.92 Å². The highest BCUT2D eigenvalue weighted by molar-refractivity contribution is 6.32. The van der Waals surface area contributed by atoms with Crippen LogP contribution in [0.15, 0.2) is 42.5 Å². The van der Waals surface area contributed by atoms with Crippen molar-refractivity contribution in [2.45, 2.75) is 25.8 Å². The number of alkyl halides is 6. The summed E-state index contributed by atoms with van der Waals surface area (Å²) >= 11 is 6.28. The van der Waals surface area contributed by atoms with E-state index in [1.54, 1.807) is 17.4 Å². The molecule has 0 saturated carbocycles. The van der Waals surface area contributed by atoms with Gasteiger partial charge in [0.25, 0.3) is 17.6 Å². The summed E-state index contributed by atoms with van der Waals surface area (Å²) in [6, 6.07) is 9.91. The number of nitrogen functional groups attached to an aromatic ring is 1. The van der Waals surface area contributed by atoms with Gasteiger partial charge >= 0.3 is 12.4 Å². The maximum absolute atomic E-state index is 13.5. The number of hydrogen-bond acceptors (Lipinski definition) is 7. The van der Waals surface area contributed by atoms with Crippen molar-refractivity contribution in [2.24, 2.45) is 0 Å². The van der Waals surface area contributed by atoms with Crippen molar-refractivity contribution < 1.29 is 35.9 Å². The summed E-state index contributed by atoms with van der Waals surface area (Å²) in [6.45, 7) is -0.577. The van der Waals surface area contributed by atoms with Gasteiger partial charge < -0.3 is 16.4 Å². The molecule has 0 unspecified atom stereocenters. The van der Waals surface area contributed by atoms with Crippen molar-refractivity contribution in [2.75, 3.05) is 17.6 Å². The van der Waals surface area contributed by atoms with Crippen LogP contribution in [0.2, 0.25) is 5.02 Å². The van der Waals surface area contributed by atoms with Gasteiger partial charge in [-0.15, -0.1) is 10.2 Å². The van der Waals surface area contributed by atoms with Crippen molar-refractivity contribution in [3.05, 3.63) is 75.8 Å². The second-order valence-electron chi connectivity index (χ2n) is 8.54. The first-order chi connectivity index (χ1) is 19.1. The molecule has 2 aromatic carbocycles. The molecule has 18 heteroatoms. The zero-order valence-corrected chi connectivity index (χ0v) is 21.4. The Kier molecular flexibility index (Phi) is 7.92. The fraction of sp³-hybridized carbons (Fsp3) is 0.217. The lowest BCUT2D eigenvalue weighted by molar-refractivity contribution is -0.145. The molecule has 0 aliphatic rings. The molecule has 0 bridgehead atoms. The zero-order valence-electron chi connectivity index (χ0n) is 20.7. The maximum Gasteiger partial charge on any atom is 0.455 e. The number of halogens is 7. The molecular weight excluding hydrogens is 584 g/mol. The molecule has 4 aromatic rings. The molecule has 0 radical (unpaired) electrons. The molecule has 2 heterocycles. The molecule has 0 fully saturated rings. The number of nitrogens with two attached hydrogens (primary N) is 1. The predicted molar refractivity (Wildman–Crippen MR) is 132 cm³/mol. The van der Waals surface area contributed by atoms with E-state index in [0.717, 1.165) is 10.7 Å². The number of aromatic nitrogens is 6. The Morgan fingerprint density at radius 3 is 2.37 bits per heavy atom. The number of aryl methyl sites for hydroxylation is 1. The van der Waals surface area contributed by atoms with Crippen LogP contribution < -0.4 is 16.4 Å². The number of para-hydroxylation sites is 1. The minimum absolute atomic E-state index is 0.0263. The first-order valence-corrected chi connectivity index (χ1v) is 11.8. The largest absolute Gasteiger partial charge is 0.455 e. The van der Waals surface area contributed by atoms with Crippen LogP contribution in [0.5, 0.6) is 0 Å². The van der Waals surface area contributed by atoms with Gasteiger partial charge in [0.2, 0.25) is 0 Å². The molecule has 216 valence electrons. The highest BCUT2D eigenvalue weighted by atomic mass is 35.5. The lowest BCUT2D eigenvalue weighted by Gasteiger charge is -2.16. The van der Waals surface area contributed by atoms with E-state index in [4.69, 9.17) is 17.3 Å². The van der Waals surface area contributed by atoms with Crippen molar-refractivity contribution >= 4 is 34.8 Å². The van der Waals surface area contributed by atoms with Crippen molar-refractivity contribution in [1.29, 1.82) is 0 Å². The number of benzene rings is 2. The first kappa shape index (κ1) is 29.3. The number of rotatable bonds is 7. The second-order valence-corrected chi connectivity index (χ2v) is 8.94. The molecule has 4 N–H and O–H groups in total. The predicted octanol–water partition coefficient (Wildman–Crippen LogP) is 4.01. The summed E-state index contributed by atoms with van der Waals surface area (Å²) < 4.78 is 77.8. The Morgan fingerprint density at radius 1 is 1.02 bits per heavy atom. The van der Waals surface area contributed by atoms with E-state index in [0.29, 0.717) is 4.80 Å². The first-order valence-electron chi connectivity index (χ1n) is 11.4. The van der Waals surface area contributed by atoms with Crippen molar-refractivity contribution in [1.82, 2.24) is 35.3 Å². The van der Waals surface area contributed by atoms with Gasteiger partial charge in [-0.25, -0.2) is 4.68 Å². The summed E-state index contributed by atoms with van der Waals surface area (Å²) in [5.74, 6) is -3.51. The van der Waals surface area contributed by atoms with Crippen molar-refractivity contribution in [3.63, 3.8) is 0 Å². The fourth-order valence-corrected chi connectivity index (χ4v) is 3.87. The lowest BCUT2D eigenvalue weighted by Crippen LogP contribution is -2.34. The molecule has 2 amide bonds. The molecular formula is C23H18ClF6N9O2. The number of amides is 2. The minimum atomic E-state index is -4.83.